The van der Waals surface area contributed by atoms with Gasteiger partial charge in [-0.15, -0.1) is 5.10 Å². The number of hydrogen-bond acceptors (Lipinski definition) is 9. The van der Waals surface area contributed by atoms with Gasteiger partial charge in [0.15, 0.2) is 29.0 Å². The van der Waals surface area contributed by atoms with E-state index < -0.39 is 23.3 Å². The highest BCUT2D eigenvalue weighted by Gasteiger charge is 2.51. The van der Waals surface area contributed by atoms with Crippen LogP contribution in [0.25, 0.3) is 11.2 Å². The van der Waals surface area contributed by atoms with Gasteiger partial charge in [-0.2, -0.15) is 0 Å². The van der Waals surface area contributed by atoms with Crippen molar-refractivity contribution < 1.29 is 23.4 Å². The molecule has 0 aliphatic carbocycles. The van der Waals surface area contributed by atoms with Crippen LogP contribution in [0.4, 0.5) is 20.8 Å². The predicted molar refractivity (Wildman–Crippen MR) is 171 cm³/mol. The number of nitrogens with one attached hydrogen (secondary N) is 1. The minimum absolute atomic E-state index is 0.168. The Bertz CT molecular complexity index is 1570. The average molecular weight is 687 g/mol. The summed E-state index contributed by atoms with van der Waals surface area (Å²) in [5.74, 6) is 1.68. The fourth-order valence-electron chi connectivity index (χ4n) is 7.06. The van der Waals surface area contributed by atoms with E-state index >= 15 is 0 Å². The SMILES string of the molecule is CC(C)(C)OC(=O)N[C@@H]1c2ccc(F)cc2OC12CCN(c1nc3c(nc1Br)c(N1CCCCC1)nn3C1CCCCO1)CC2. The highest BCUT2D eigenvalue weighted by Crippen LogP contribution is 2.49. The zero-order valence-corrected chi connectivity index (χ0v) is 27.7. The minimum Gasteiger partial charge on any atom is -0.484 e. The van der Waals surface area contributed by atoms with Crippen molar-refractivity contribution in [3.63, 3.8) is 0 Å². The molecule has 1 unspecified atom stereocenters. The Balaban J connectivity index is 1.18. The van der Waals surface area contributed by atoms with Crippen molar-refractivity contribution in [3.8, 4) is 5.75 Å². The van der Waals surface area contributed by atoms with Crippen LogP contribution in [-0.4, -0.2) is 69.8 Å². The van der Waals surface area contributed by atoms with E-state index in [1.807, 2.05) is 25.5 Å². The van der Waals surface area contributed by atoms with Crippen LogP contribution in [-0.2, 0) is 9.47 Å². The maximum Gasteiger partial charge on any atom is 0.408 e. The molecular formula is C32H41BrFN7O4. The van der Waals surface area contributed by atoms with Gasteiger partial charge in [0.25, 0.3) is 0 Å². The fraction of sp³-hybridized carbons (Fsp3) is 0.625. The molecule has 0 saturated carbocycles. The Morgan fingerprint density at radius 3 is 2.51 bits per heavy atom. The average Bonchev–Trinajstić information content (AvgIpc) is 3.52. The number of amides is 1. The quantitative estimate of drug-likeness (QED) is 0.333. The number of halogens is 2. The molecule has 1 amide bonds. The number of fused-ring (bicyclic) bond motifs is 2. The number of benzene rings is 1. The summed E-state index contributed by atoms with van der Waals surface area (Å²) in [7, 11) is 0. The van der Waals surface area contributed by atoms with Crippen molar-refractivity contribution in [1.29, 1.82) is 0 Å². The number of carbonyl (C=O) groups is 1. The zero-order chi connectivity index (χ0) is 31.3. The van der Waals surface area contributed by atoms with Gasteiger partial charge in [-0.05, 0) is 81.3 Å². The van der Waals surface area contributed by atoms with Gasteiger partial charge < -0.3 is 29.3 Å². The van der Waals surface area contributed by atoms with Crippen molar-refractivity contribution in [3.05, 3.63) is 34.2 Å². The van der Waals surface area contributed by atoms with Gasteiger partial charge in [0.05, 0.1) is 0 Å². The standard InChI is InChI=1S/C32H41BrFN7O4/c1-31(2,3)45-30(42)36-25-21-11-10-20(34)19-22(21)44-32(25)12-16-40(17-13-32)29-26(33)35-24-27(37-29)41(23-9-5-8-18-43-23)38-28(24)39-14-6-4-7-15-39/h10-11,19,23,25H,4-9,12-18H2,1-3H3,(H,36,42)/t23?,25-/m1/s1. The van der Waals surface area contributed by atoms with Gasteiger partial charge in [-0.25, -0.2) is 23.8 Å². The number of alkyl carbamates (subject to hydrolysis) is 1. The summed E-state index contributed by atoms with van der Waals surface area (Å²) in [5.41, 5.74) is 0.851. The molecule has 1 aromatic carbocycles. The highest BCUT2D eigenvalue weighted by molar-refractivity contribution is 9.10. The molecule has 11 nitrogen and oxygen atoms in total. The third kappa shape index (κ3) is 5.93. The molecular weight excluding hydrogens is 645 g/mol. The summed E-state index contributed by atoms with van der Waals surface area (Å²) in [5, 5.41) is 8.11. The third-order valence-corrected chi connectivity index (χ3v) is 9.76. The number of nitrogens with zero attached hydrogens (tertiary/aromatic N) is 6. The lowest BCUT2D eigenvalue weighted by Crippen LogP contribution is -2.54. The second-order valence-electron chi connectivity index (χ2n) is 13.6. The maximum atomic E-state index is 14.2. The van der Waals surface area contributed by atoms with E-state index in [0.29, 0.717) is 42.9 Å². The molecule has 13 heteroatoms. The van der Waals surface area contributed by atoms with Crippen LogP contribution < -0.4 is 19.9 Å². The molecule has 3 saturated heterocycles. The van der Waals surface area contributed by atoms with Gasteiger partial charge in [0, 0.05) is 57.3 Å². The molecule has 7 rings (SSSR count). The van der Waals surface area contributed by atoms with Crippen molar-refractivity contribution >= 4 is 44.8 Å². The van der Waals surface area contributed by atoms with Crippen molar-refractivity contribution in [2.45, 2.75) is 95.6 Å². The lowest BCUT2D eigenvalue weighted by molar-refractivity contribution is -0.0369. The van der Waals surface area contributed by atoms with Crippen molar-refractivity contribution in [2.24, 2.45) is 0 Å². The maximum absolute atomic E-state index is 14.2. The Morgan fingerprint density at radius 1 is 1.04 bits per heavy atom. The Kier molecular flexibility index (Phi) is 8.04. The summed E-state index contributed by atoms with van der Waals surface area (Å²) in [6.45, 7) is 9.28. The molecule has 45 heavy (non-hydrogen) atoms. The molecule has 2 atom stereocenters. The molecule has 1 N–H and O–H groups in total. The van der Waals surface area contributed by atoms with E-state index in [1.165, 1.54) is 18.6 Å². The van der Waals surface area contributed by atoms with Gasteiger partial charge in [-0.1, -0.05) is 6.07 Å². The monoisotopic (exact) mass is 685 g/mol. The second kappa shape index (κ2) is 11.9. The number of anilines is 2. The Morgan fingerprint density at radius 2 is 1.80 bits per heavy atom. The first-order valence-electron chi connectivity index (χ1n) is 16.2. The largest absolute Gasteiger partial charge is 0.484 e. The predicted octanol–water partition coefficient (Wildman–Crippen LogP) is 6.41. The van der Waals surface area contributed by atoms with E-state index in [0.717, 1.165) is 73.6 Å². The summed E-state index contributed by atoms with van der Waals surface area (Å²) in [6, 6.07) is 4.00. The van der Waals surface area contributed by atoms with Gasteiger partial charge in [0.1, 0.15) is 33.4 Å². The summed E-state index contributed by atoms with van der Waals surface area (Å²) in [4.78, 5) is 27.7. The summed E-state index contributed by atoms with van der Waals surface area (Å²) >= 11 is 3.75. The molecule has 1 spiro atoms. The number of rotatable bonds is 4. The van der Waals surface area contributed by atoms with Crippen molar-refractivity contribution in [1.82, 2.24) is 25.1 Å². The third-order valence-electron chi connectivity index (χ3n) is 9.23. The van der Waals surface area contributed by atoms with Crippen LogP contribution in [0, 0.1) is 5.82 Å². The van der Waals surface area contributed by atoms with Gasteiger partial charge in [0.2, 0.25) is 0 Å². The zero-order valence-electron chi connectivity index (χ0n) is 26.2. The highest BCUT2D eigenvalue weighted by atomic mass is 79.9. The number of carbonyl (C=O) groups excluding carboxylic acids is 1. The topological polar surface area (TPSA) is 107 Å². The van der Waals surface area contributed by atoms with E-state index in [1.54, 1.807) is 6.07 Å². The molecule has 0 radical (unpaired) electrons. The number of ether oxygens (including phenoxy) is 3. The first kappa shape index (κ1) is 30.5. The van der Waals surface area contributed by atoms with Crippen LogP contribution in [0.15, 0.2) is 22.8 Å². The smallest absolute Gasteiger partial charge is 0.408 e. The first-order valence-corrected chi connectivity index (χ1v) is 16.9. The number of piperidine rings is 2. The van der Waals surface area contributed by atoms with Gasteiger partial charge in [-0.3, -0.25) is 0 Å². The molecule has 4 aliphatic heterocycles. The Labute approximate surface area is 270 Å². The summed E-state index contributed by atoms with van der Waals surface area (Å²) in [6.07, 6.45) is 6.97. The second-order valence-corrected chi connectivity index (χ2v) is 14.3. The molecule has 0 bridgehead atoms. The fourth-order valence-corrected chi connectivity index (χ4v) is 7.58. The molecule has 242 valence electrons. The molecule has 3 fully saturated rings. The van der Waals surface area contributed by atoms with Crippen LogP contribution in [0.1, 0.15) is 90.0 Å². The van der Waals surface area contributed by atoms with Crippen molar-refractivity contribution in [2.75, 3.05) is 42.6 Å². The lowest BCUT2D eigenvalue weighted by Gasteiger charge is -2.42. The normalized spacial score (nSPS) is 23.2. The van der Waals surface area contributed by atoms with E-state index in [9.17, 15) is 9.18 Å². The molecule has 6 heterocycles. The van der Waals surface area contributed by atoms with Crippen LogP contribution >= 0.6 is 15.9 Å². The first-order chi connectivity index (χ1) is 21.6. The summed E-state index contributed by atoms with van der Waals surface area (Å²) < 4.78 is 35.1. The number of hydrogen-bond donors (Lipinski definition) is 1. The molecule has 2 aromatic heterocycles. The van der Waals surface area contributed by atoms with E-state index in [4.69, 9.17) is 29.3 Å². The van der Waals surface area contributed by atoms with Crippen LogP contribution in [0.2, 0.25) is 0 Å². The number of aromatic nitrogens is 4. The Hall–Kier alpha value is -3.19. The van der Waals surface area contributed by atoms with Gasteiger partial charge >= 0.3 is 6.09 Å². The van der Waals surface area contributed by atoms with Crippen LogP contribution in [0.3, 0.4) is 0 Å². The lowest BCUT2D eigenvalue weighted by atomic mass is 9.82. The molecule has 4 aliphatic rings. The van der Waals surface area contributed by atoms with Crippen LogP contribution in [0.5, 0.6) is 5.75 Å². The van der Waals surface area contributed by atoms with E-state index in [2.05, 4.69) is 31.0 Å². The van der Waals surface area contributed by atoms with E-state index in [-0.39, 0.29) is 12.0 Å². The molecule has 3 aromatic rings. The minimum atomic E-state index is -0.757.